The minimum atomic E-state index is -0.492. The standard InChI is InChI=1S/C57H38N2O/c1-33-30-34(2)32-37(31-33)58-47-17-7-9-19-49(47)59(50-20-10-8-18-48(50)58)51-21-11-14-40-41-27-29-46-54(56(41)60-55(40)51)42-26-24-35-22-23-36-25-28-45(53(42)52(35)36)57(46)43-15-5-3-12-38(43)39-13-4-6-16-44(39)57/h3-21,24-32H,22-23H2,1-2H3. The number of hydrogen-bond acceptors (Lipinski definition) is 3. The van der Waals surface area contributed by atoms with Crippen LogP contribution in [0.25, 0.3) is 55.0 Å². The van der Waals surface area contributed by atoms with Crippen LogP contribution in [0.3, 0.4) is 0 Å². The van der Waals surface area contributed by atoms with Crippen LogP contribution < -0.4 is 9.80 Å². The molecule has 3 nitrogen and oxygen atoms in total. The molecule has 1 aromatic heterocycles. The van der Waals surface area contributed by atoms with Crippen LogP contribution >= 0.6 is 0 Å². The van der Waals surface area contributed by atoms with Gasteiger partial charge in [-0.15, -0.1) is 0 Å². The molecule has 1 aliphatic heterocycles. The molecule has 9 aromatic carbocycles. The molecule has 0 unspecified atom stereocenters. The summed E-state index contributed by atoms with van der Waals surface area (Å²) in [6.45, 7) is 4.37. The predicted molar refractivity (Wildman–Crippen MR) is 247 cm³/mol. The van der Waals surface area contributed by atoms with Gasteiger partial charge in [0.25, 0.3) is 0 Å². The highest BCUT2D eigenvalue weighted by Gasteiger charge is 2.51. The van der Waals surface area contributed by atoms with E-state index in [1.54, 1.807) is 0 Å². The molecule has 0 radical (unpaired) electrons. The second-order valence-corrected chi connectivity index (χ2v) is 17.3. The lowest BCUT2D eigenvalue weighted by Gasteiger charge is -2.40. The molecule has 2 heterocycles. The van der Waals surface area contributed by atoms with E-state index < -0.39 is 5.41 Å². The lowest BCUT2D eigenvalue weighted by molar-refractivity contribution is 0.667. The number of furan rings is 1. The molecule has 3 aliphatic carbocycles. The van der Waals surface area contributed by atoms with Gasteiger partial charge < -0.3 is 14.2 Å². The Balaban J connectivity index is 1.08. The molecule has 1 spiro atoms. The van der Waals surface area contributed by atoms with Crippen molar-refractivity contribution in [3.63, 3.8) is 0 Å². The van der Waals surface area contributed by atoms with Crippen LogP contribution in [-0.2, 0) is 18.3 Å². The largest absolute Gasteiger partial charge is 0.453 e. The maximum absolute atomic E-state index is 7.55. The van der Waals surface area contributed by atoms with Crippen molar-refractivity contribution in [2.45, 2.75) is 32.1 Å². The highest BCUT2D eigenvalue weighted by atomic mass is 16.3. The van der Waals surface area contributed by atoms with Crippen molar-refractivity contribution in [3.8, 4) is 22.3 Å². The fourth-order valence-electron chi connectivity index (χ4n) is 12.0. The second-order valence-electron chi connectivity index (χ2n) is 17.3. The minimum Gasteiger partial charge on any atom is -0.453 e. The average Bonchev–Trinajstić information content (AvgIpc) is 3.97. The molecule has 282 valence electrons. The number of nitrogens with zero attached hydrogens (tertiary/aromatic N) is 2. The van der Waals surface area contributed by atoms with Gasteiger partial charge >= 0.3 is 0 Å². The van der Waals surface area contributed by atoms with Crippen LogP contribution in [0.5, 0.6) is 0 Å². The van der Waals surface area contributed by atoms with Crippen molar-refractivity contribution >= 4 is 66.8 Å². The number of benzene rings is 9. The fourth-order valence-corrected chi connectivity index (χ4v) is 12.0. The maximum atomic E-state index is 7.55. The van der Waals surface area contributed by atoms with Crippen molar-refractivity contribution < 1.29 is 4.42 Å². The Bertz CT molecular complexity index is 3430. The van der Waals surface area contributed by atoms with Crippen molar-refractivity contribution in [2.24, 2.45) is 0 Å². The summed E-state index contributed by atoms with van der Waals surface area (Å²) < 4.78 is 7.55. The smallest absolute Gasteiger partial charge is 0.159 e. The first-order valence-electron chi connectivity index (χ1n) is 21.2. The van der Waals surface area contributed by atoms with Crippen LogP contribution in [0.15, 0.2) is 174 Å². The summed E-state index contributed by atoms with van der Waals surface area (Å²) in [7, 11) is 0. The topological polar surface area (TPSA) is 19.6 Å². The Morgan fingerprint density at radius 3 is 1.63 bits per heavy atom. The lowest BCUT2D eigenvalue weighted by Crippen LogP contribution is -2.32. The Morgan fingerprint density at radius 1 is 0.417 bits per heavy atom. The van der Waals surface area contributed by atoms with E-state index in [-0.39, 0.29) is 0 Å². The number of rotatable bonds is 2. The highest BCUT2D eigenvalue weighted by molar-refractivity contribution is 6.20. The summed E-state index contributed by atoms with van der Waals surface area (Å²) in [6, 6.07) is 63.8. The molecule has 0 saturated carbocycles. The summed E-state index contributed by atoms with van der Waals surface area (Å²) in [4.78, 5) is 4.84. The molecule has 0 amide bonds. The quantitative estimate of drug-likeness (QED) is 0.175. The summed E-state index contributed by atoms with van der Waals surface area (Å²) >= 11 is 0. The highest BCUT2D eigenvalue weighted by Crippen LogP contribution is 2.64. The Labute approximate surface area is 348 Å². The van der Waals surface area contributed by atoms with Crippen LogP contribution in [0, 0.1) is 13.8 Å². The van der Waals surface area contributed by atoms with Gasteiger partial charge in [-0.2, -0.15) is 0 Å². The molecule has 14 rings (SSSR count). The molecule has 4 aliphatic rings. The zero-order valence-corrected chi connectivity index (χ0v) is 33.4. The van der Waals surface area contributed by atoms with Gasteiger partial charge in [0, 0.05) is 22.0 Å². The second kappa shape index (κ2) is 11.4. The molecule has 0 fully saturated rings. The summed E-state index contributed by atoms with van der Waals surface area (Å²) in [5, 5.41) is 5.10. The molecule has 60 heavy (non-hydrogen) atoms. The molecular weight excluding hydrogens is 729 g/mol. The number of aryl methyl sites for hydroxylation is 4. The van der Waals surface area contributed by atoms with Gasteiger partial charge in [0.2, 0.25) is 0 Å². The van der Waals surface area contributed by atoms with Crippen molar-refractivity contribution in [3.05, 3.63) is 214 Å². The van der Waals surface area contributed by atoms with Crippen LogP contribution in [-0.4, -0.2) is 0 Å². The molecular formula is C57H38N2O. The molecule has 0 saturated heterocycles. The Morgan fingerprint density at radius 2 is 0.967 bits per heavy atom. The first-order chi connectivity index (χ1) is 29.6. The molecule has 3 heteroatoms. The number of hydrogen-bond donors (Lipinski definition) is 0. The normalized spacial score (nSPS) is 14.8. The fraction of sp³-hybridized carbons (Fsp3) is 0.0877. The summed E-state index contributed by atoms with van der Waals surface area (Å²) in [5.41, 5.74) is 23.9. The third-order valence-corrected chi connectivity index (χ3v) is 14.1. The molecule has 10 aromatic rings. The van der Waals surface area contributed by atoms with E-state index in [4.69, 9.17) is 4.42 Å². The van der Waals surface area contributed by atoms with Crippen LogP contribution in [0.1, 0.15) is 44.5 Å². The van der Waals surface area contributed by atoms with E-state index in [1.165, 1.54) is 77.5 Å². The van der Waals surface area contributed by atoms with E-state index in [0.29, 0.717) is 0 Å². The van der Waals surface area contributed by atoms with E-state index in [2.05, 4.69) is 194 Å². The SMILES string of the molecule is Cc1cc(C)cc(N2c3ccccc3N(c3cccc4c3oc3c5c(ccc34)C3(c4ccccc4-c4ccccc43)c3ccc4c6c(ccc-5c36)CC4)c3ccccc32)c1. The first kappa shape index (κ1) is 32.6. The number of fused-ring (bicyclic) bond motifs is 15. The van der Waals surface area contributed by atoms with Crippen LogP contribution in [0.2, 0.25) is 0 Å². The van der Waals surface area contributed by atoms with Crippen LogP contribution in [0.4, 0.5) is 34.1 Å². The average molecular weight is 767 g/mol. The molecule has 0 atom stereocenters. The van der Waals surface area contributed by atoms with Gasteiger partial charge in [-0.05, 0) is 141 Å². The van der Waals surface area contributed by atoms with Gasteiger partial charge in [0.05, 0.1) is 33.9 Å². The van der Waals surface area contributed by atoms with Gasteiger partial charge in [0.15, 0.2) is 5.58 Å². The third-order valence-electron chi connectivity index (χ3n) is 14.1. The maximum Gasteiger partial charge on any atom is 0.159 e. The monoisotopic (exact) mass is 766 g/mol. The van der Waals surface area contributed by atoms with E-state index >= 15 is 0 Å². The van der Waals surface area contributed by atoms with E-state index in [0.717, 1.165) is 68.9 Å². The predicted octanol–water partition coefficient (Wildman–Crippen LogP) is 15.1. The summed E-state index contributed by atoms with van der Waals surface area (Å²) in [5.74, 6) is 0. The lowest BCUT2D eigenvalue weighted by atomic mass is 9.61. The number of anilines is 6. The molecule has 0 N–H and O–H groups in total. The zero-order valence-electron chi connectivity index (χ0n) is 33.4. The summed E-state index contributed by atoms with van der Waals surface area (Å²) in [6.07, 6.45) is 2.17. The minimum absolute atomic E-state index is 0.492. The van der Waals surface area contributed by atoms with Gasteiger partial charge in [-0.25, -0.2) is 0 Å². The Kier molecular flexibility index (Phi) is 6.21. The van der Waals surface area contributed by atoms with Crippen molar-refractivity contribution in [2.75, 3.05) is 9.80 Å². The zero-order chi connectivity index (χ0) is 39.4. The van der Waals surface area contributed by atoms with Gasteiger partial charge in [-0.1, -0.05) is 127 Å². The third kappa shape index (κ3) is 3.91. The number of para-hydroxylation sites is 5. The first-order valence-corrected chi connectivity index (χ1v) is 21.2. The van der Waals surface area contributed by atoms with E-state index in [1.807, 2.05) is 0 Å². The Hall–Kier alpha value is -7.36. The van der Waals surface area contributed by atoms with E-state index in [9.17, 15) is 0 Å². The van der Waals surface area contributed by atoms with Crippen molar-refractivity contribution in [1.82, 2.24) is 0 Å². The molecule has 0 bridgehead atoms. The van der Waals surface area contributed by atoms with Gasteiger partial charge in [-0.3, -0.25) is 0 Å². The van der Waals surface area contributed by atoms with Crippen molar-refractivity contribution in [1.29, 1.82) is 0 Å². The van der Waals surface area contributed by atoms with Gasteiger partial charge in [0.1, 0.15) is 5.58 Å².